The lowest BCUT2D eigenvalue weighted by atomic mass is 10.2. The topological polar surface area (TPSA) is 84.7 Å². The third kappa shape index (κ3) is 3.15. The Labute approximate surface area is 98.1 Å². The molecule has 1 N–H and O–H groups in total. The highest BCUT2D eigenvalue weighted by molar-refractivity contribution is 5.91. The highest BCUT2D eigenvalue weighted by Crippen LogP contribution is 2.25. The largest absolute Gasteiger partial charge is 0.465 e. The standard InChI is InChI=1S/C10H13N3O4/c1-12(2)11-8-6-7(10(14)17-3)4-5-9(8)13(15)16/h4-6,11H,1-3H3. The average Bonchev–Trinajstić information content (AvgIpc) is 2.26. The predicted octanol–water partition coefficient (Wildman–Crippen LogP) is 1.27. The van der Waals surface area contributed by atoms with Gasteiger partial charge in [-0.2, -0.15) is 0 Å². The van der Waals surface area contributed by atoms with E-state index >= 15 is 0 Å². The second kappa shape index (κ2) is 5.26. The molecular weight excluding hydrogens is 226 g/mol. The van der Waals surface area contributed by atoms with E-state index in [9.17, 15) is 14.9 Å². The Kier molecular flexibility index (Phi) is 4.00. The van der Waals surface area contributed by atoms with Crippen LogP contribution in [0.15, 0.2) is 18.2 Å². The molecule has 0 aliphatic heterocycles. The van der Waals surface area contributed by atoms with Crippen LogP contribution in [0.5, 0.6) is 0 Å². The number of benzene rings is 1. The number of carbonyl (C=O) groups is 1. The van der Waals surface area contributed by atoms with Crippen molar-refractivity contribution in [3.05, 3.63) is 33.9 Å². The molecule has 0 aliphatic carbocycles. The average molecular weight is 239 g/mol. The Morgan fingerprint density at radius 1 is 1.47 bits per heavy atom. The number of hydrogen-bond donors (Lipinski definition) is 1. The summed E-state index contributed by atoms with van der Waals surface area (Å²) >= 11 is 0. The van der Waals surface area contributed by atoms with Crippen LogP contribution in [0.3, 0.4) is 0 Å². The van der Waals surface area contributed by atoms with Gasteiger partial charge >= 0.3 is 5.97 Å². The van der Waals surface area contributed by atoms with Crippen LogP contribution < -0.4 is 5.43 Å². The lowest BCUT2D eigenvalue weighted by Gasteiger charge is -2.14. The summed E-state index contributed by atoms with van der Waals surface area (Å²) in [5.41, 5.74) is 3.14. The molecule has 1 rings (SSSR count). The molecule has 0 amide bonds. The van der Waals surface area contributed by atoms with Crippen LogP contribution in [0, 0.1) is 10.1 Å². The van der Waals surface area contributed by atoms with Crippen LogP contribution >= 0.6 is 0 Å². The number of methoxy groups -OCH3 is 1. The Morgan fingerprint density at radius 2 is 2.12 bits per heavy atom. The van der Waals surface area contributed by atoms with Crippen LogP contribution in [-0.4, -0.2) is 37.1 Å². The monoisotopic (exact) mass is 239 g/mol. The number of nitro groups is 1. The Bertz CT molecular complexity index is 445. The van der Waals surface area contributed by atoms with Gasteiger partial charge in [-0.15, -0.1) is 0 Å². The molecule has 0 radical (unpaired) electrons. The minimum atomic E-state index is -0.540. The van der Waals surface area contributed by atoms with Crippen molar-refractivity contribution in [2.75, 3.05) is 26.6 Å². The number of hydrogen-bond acceptors (Lipinski definition) is 6. The third-order valence-electron chi connectivity index (χ3n) is 1.96. The zero-order valence-corrected chi connectivity index (χ0v) is 9.76. The number of ether oxygens (including phenoxy) is 1. The number of carbonyl (C=O) groups excluding carboxylic acids is 1. The van der Waals surface area contributed by atoms with Gasteiger partial charge in [0.1, 0.15) is 5.69 Å². The van der Waals surface area contributed by atoms with Gasteiger partial charge in [0, 0.05) is 20.2 Å². The highest BCUT2D eigenvalue weighted by atomic mass is 16.6. The molecule has 1 aromatic carbocycles. The van der Waals surface area contributed by atoms with E-state index in [1.165, 1.54) is 25.3 Å². The van der Waals surface area contributed by atoms with Gasteiger partial charge < -0.3 is 10.2 Å². The van der Waals surface area contributed by atoms with E-state index in [-0.39, 0.29) is 16.9 Å². The van der Waals surface area contributed by atoms with E-state index in [0.29, 0.717) is 0 Å². The molecule has 0 aliphatic rings. The summed E-state index contributed by atoms with van der Waals surface area (Å²) in [6.45, 7) is 0. The molecular formula is C10H13N3O4. The first-order chi connectivity index (χ1) is 7.95. The van der Waals surface area contributed by atoms with Gasteiger partial charge in [-0.3, -0.25) is 10.1 Å². The predicted molar refractivity (Wildman–Crippen MR) is 61.7 cm³/mol. The lowest BCUT2D eigenvalue weighted by Crippen LogP contribution is -2.20. The summed E-state index contributed by atoms with van der Waals surface area (Å²) in [4.78, 5) is 21.6. The summed E-state index contributed by atoms with van der Waals surface area (Å²) in [6.07, 6.45) is 0. The second-order valence-corrected chi connectivity index (χ2v) is 3.49. The first-order valence-corrected chi connectivity index (χ1v) is 4.76. The summed E-state index contributed by atoms with van der Waals surface area (Å²) < 4.78 is 4.55. The smallest absolute Gasteiger partial charge is 0.337 e. The summed E-state index contributed by atoms with van der Waals surface area (Å²) in [6, 6.07) is 3.99. The Hall–Kier alpha value is -2.15. The van der Waals surface area contributed by atoms with Gasteiger partial charge in [0.25, 0.3) is 5.69 Å². The van der Waals surface area contributed by atoms with Gasteiger partial charge in [0.15, 0.2) is 0 Å². The maximum Gasteiger partial charge on any atom is 0.337 e. The van der Waals surface area contributed by atoms with E-state index < -0.39 is 10.9 Å². The van der Waals surface area contributed by atoms with Crippen molar-refractivity contribution < 1.29 is 14.5 Å². The minimum absolute atomic E-state index is 0.105. The van der Waals surface area contributed by atoms with Gasteiger partial charge in [-0.1, -0.05) is 0 Å². The van der Waals surface area contributed by atoms with Crippen LogP contribution in [0.25, 0.3) is 0 Å². The summed E-state index contributed by atoms with van der Waals surface area (Å²) in [5.74, 6) is -0.540. The zero-order valence-electron chi connectivity index (χ0n) is 9.76. The van der Waals surface area contributed by atoms with E-state index in [1.807, 2.05) is 0 Å². The SMILES string of the molecule is COC(=O)c1ccc([N+](=O)[O-])c(NN(C)C)c1. The fourth-order valence-electron chi connectivity index (χ4n) is 1.27. The number of nitrogens with one attached hydrogen (secondary N) is 1. The van der Waals surface area contributed by atoms with Gasteiger partial charge in [0.05, 0.1) is 17.6 Å². The number of esters is 1. The molecule has 0 heterocycles. The molecule has 7 nitrogen and oxygen atoms in total. The van der Waals surface area contributed by atoms with Crippen molar-refractivity contribution in [1.82, 2.24) is 5.01 Å². The molecule has 17 heavy (non-hydrogen) atoms. The van der Waals surface area contributed by atoms with E-state index in [4.69, 9.17) is 0 Å². The number of nitrogens with zero attached hydrogens (tertiary/aromatic N) is 2. The molecule has 0 unspecified atom stereocenters. The van der Waals surface area contributed by atoms with Crippen LogP contribution in [0.2, 0.25) is 0 Å². The van der Waals surface area contributed by atoms with Crippen molar-refractivity contribution in [1.29, 1.82) is 0 Å². The van der Waals surface area contributed by atoms with Gasteiger partial charge in [0.2, 0.25) is 0 Å². The fraction of sp³-hybridized carbons (Fsp3) is 0.300. The van der Waals surface area contributed by atoms with Crippen LogP contribution in [0.1, 0.15) is 10.4 Å². The first kappa shape index (κ1) is 12.9. The van der Waals surface area contributed by atoms with Crippen LogP contribution in [0.4, 0.5) is 11.4 Å². The van der Waals surface area contributed by atoms with Gasteiger partial charge in [-0.25, -0.2) is 9.80 Å². The first-order valence-electron chi connectivity index (χ1n) is 4.76. The molecule has 0 spiro atoms. The minimum Gasteiger partial charge on any atom is -0.465 e. The molecule has 0 atom stereocenters. The number of hydrazine groups is 1. The Morgan fingerprint density at radius 3 is 2.59 bits per heavy atom. The summed E-state index contributed by atoms with van der Waals surface area (Å²) in [7, 11) is 4.63. The lowest BCUT2D eigenvalue weighted by molar-refractivity contribution is -0.384. The molecule has 1 aromatic rings. The maximum absolute atomic E-state index is 11.3. The number of nitro benzene ring substituents is 1. The maximum atomic E-state index is 11.3. The molecule has 0 fully saturated rings. The quantitative estimate of drug-likeness (QED) is 0.484. The molecule has 7 heteroatoms. The summed E-state index contributed by atoms with van der Waals surface area (Å²) in [5, 5.41) is 12.3. The molecule has 0 aromatic heterocycles. The van der Waals surface area contributed by atoms with E-state index in [0.717, 1.165) is 0 Å². The number of rotatable bonds is 4. The van der Waals surface area contributed by atoms with E-state index in [1.54, 1.807) is 19.1 Å². The fourth-order valence-corrected chi connectivity index (χ4v) is 1.27. The zero-order chi connectivity index (χ0) is 13.0. The van der Waals surface area contributed by atoms with Crippen molar-refractivity contribution in [3.63, 3.8) is 0 Å². The second-order valence-electron chi connectivity index (χ2n) is 3.49. The van der Waals surface area contributed by atoms with Crippen molar-refractivity contribution in [2.24, 2.45) is 0 Å². The molecule has 92 valence electrons. The van der Waals surface area contributed by atoms with Crippen molar-refractivity contribution >= 4 is 17.3 Å². The molecule has 0 saturated heterocycles. The van der Waals surface area contributed by atoms with Crippen molar-refractivity contribution in [2.45, 2.75) is 0 Å². The molecule has 0 saturated carbocycles. The third-order valence-corrected chi connectivity index (χ3v) is 1.96. The van der Waals surface area contributed by atoms with E-state index in [2.05, 4.69) is 10.2 Å². The molecule has 0 bridgehead atoms. The normalized spacial score (nSPS) is 10.1. The highest BCUT2D eigenvalue weighted by Gasteiger charge is 2.17. The number of anilines is 1. The van der Waals surface area contributed by atoms with Crippen LogP contribution in [-0.2, 0) is 4.74 Å². The Balaban J connectivity index is 3.18. The van der Waals surface area contributed by atoms with Crippen molar-refractivity contribution in [3.8, 4) is 0 Å². The van der Waals surface area contributed by atoms with Gasteiger partial charge in [-0.05, 0) is 12.1 Å².